The Morgan fingerprint density at radius 3 is 1.00 bits per heavy atom. The number of carboxylic acid groups (broad SMARTS) is 3. The van der Waals surface area contributed by atoms with Gasteiger partial charge in [0.1, 0.15) is 0 Å². The predicted octanol–water partition coefficient (Wildman–Crippen LogP) is -1.72. The van der Waals surface area contributed by atoms with E-state index in [0.29, 0.717) is 0 Å². The van der Waals surface area contributed by atoms with Gasteiger partial charge in [0.05, 0.1) is 0 Å². The molecule has 0 saturated carbocycles. The van der Waals surface area contributed by atoms with Gasteiger partial charge in [-0.05, 0) is 0 Å². The van der Waals surface area contributed by atoms with E-state index in [0.717, 1.165) is 0 Å². The molecule has 0 aromatic carbocycles. The molecule has 0 unspecified atom stereocenters. The number of ether oxygens (including phenoxy) is 3. The molecule has 1 aliphatic rings. The molecule has 9 heteroatoms. The number of hydrogen-bond acceptors (Lipinski definition) is 6. The Balaban J connectivity index is 2.77. The molecule has 0 aliphatic carbocycles. The summed E-state index contributed by atoms with van der Waals surface area (Å²) in [5.74, 6) is -4.93. The highest BCUT2D eigenvalue weighted by molar-refractivity contribution is 5.76. The van der Waals surface area contributed by atoms with Gasteiger partial charge in [0.15, 0.2) is 0 Å². The average Bonchev–Trinajstić information content (AvgIpc) is 2.16. The standard InChI is InChI=1S/C6H6O9/c7-1(8)4-13-5(2(9)10)15-6(14-4)3(11)12/h4-6H,(H,7,8)(H,9,10)(H,11,12). The molecule has 15 heavy (non-hydrogen) atoms. The van der Waals surface area contributed by atoms with Crippen molar-refractivity contribution in [2.24, 2.45) is 0 Å². The molecule has 0 spiro atoms. The summed E-state index contributed by atoms with van der Waals surface area (Å²) >= 11 is 0. The van der Waals surface area contributed by atoms with E-state index in [2.05, 4.69) is 14.2 Å². The van der Waals surface area contributed by atoms with Crippen LogP contribution in [0, 0.1) is 0 Å². The summed E-state index contributed by atoms with van der Waals surface area (Å²) in [5, 5.41) is 25.3. The van der Waals surface area contributed by atoms with E-state index in [4.69, 9.17) is 15.3 Å². The molecular weight excluding hydrogens is 216 g/mol. The van der Waals surface area contributed by atoms with E-state index in [1.165, 1.54) is 0 Å². The highest BCUT2D eigenvalue weighted by Gasteiger charge is 2.41. The summed E-state index contributed by atoms with van der Waals surface area (Å²) in [6.45, 7) is 0. The summed E-state index contributed by atoms with van der Waals surface area (Å²) in [5.41, 5.74) is 0. The quantitative estimate of drug-likeness (QED) is 0.508. The Labute approximate surface area is 81.8 Å². The molecule has 0 bridgehead atoms. The van der Waals surface area contributed by atoms with E-state index >= 15 is 0 Å². The zero-order valence-corrected chi connectivity index (χ0v) is 7.02. The first-order chi connectivity index (χ1) is 6.91. The first-order valence-electron chi connectivity index (χ1n) is 3.56. The molecule has 0 amide bonds. The van der Waals surface area contributed by atoms with Crippen LogP contribution in [0.5, 0.6) is 0 Å². The molecule has 0 aromatic heterocycles. The SMILES string of the molecule is O=C(O)C1OC(C(=O)O)OC(C(=O)O)O1. The van der Waals surface area contributed by atoms with Crippen LogP contribution in [0.4, 0.5) is 0 Å². The third-order valence-corrected chi connectivity index (χ3v) is 1.35. The van der Waals surface area contributed by atoms with Gasteiger partial charge in [0.2, 0.25) is 0 Å². The lowest BCUT2D eigenvalue weighted by atomic mass is 10.5. The van der Waals surface area contributed by atoms with Crippen LogP contribution < -0.4 is 0 Å². The van der Waals surface area contributed by atoms with Crippen LogP contribution in [0.2, 0.25) is 0 Å². The zero-order valence-electron chi connectivity index (χ0n) is 7.02. The van der Waals surface area contributed by atoms with Gasteiger partial charge in [-0.15, -0.1) is 0 Å². The van der Waals surface area contributed by atoms with Gasteiger partial charge in [-0.25, -0.2) is 14.4 Å². The largest absolute Gasteiger partial charge is 0.477 e. The average molecular weight is 222 g/mol. The Kier molecular flexibility index (Phi) is 3.19. The van der Waals surface area contributed by atoms with Crippen LogP contribution in [-0.2, 0) is 28.6 Å². The van der Waals surface area contributed by atoms with Gasteiger partial charge in [-0.2, -0.15) is 0 Å². The molecule has 0 radical (unpaired) electrons. The van der Waals surface area contributed by atoms with Crippen LogP contribution in [0.3, 0.4) is 0 Å². The highest BCUT2D eigenvalue weighted by Crippen LogP contribution is 2.16. The van der Waals surface area contributed by atoms with Crippen LogP contribution in [0.1, 0.15) is 0 Å². The van der Waals surface area contributed by atoms with Crippen LogP contribution in [0.15, 0.2) is 0 Å². The first-order valence-corrected chi connectivity index (χ1v) is 3.56. The van der Waals surface area contributed by atoms with Gasteiger partial charge in [0, 0.05) is 0 Å². The predicted molar refractivity (Wildman–Crippen MR) is 37.5 cm³/mol. The second kappa shape index (κ2) is 4.21. The lowest BCUT2D eigenvalue weighted by Crippen LogP contribution is -2.50. The minimum atomic E-state index is -1.99. The van der Waals surface area contributed by atoms with E-state index in [1.54, 1.807) is 0 Å². The number of aliphatic carboxylic acids is 3. The Morgan fingerprint density at radius 1 is 0.667 bits per heavy atom. The van der Waals surface area contributed by atoms with Crippen molar-refractivity contribution in [3.8, 4) is 0 Å². The number of hydrogen-bond donors (Lipinski definition) is 3. The number of rotatable bonds is 3. The summed E-state index contributed by atoms with van der Waals surface area (Å²) in [6.07, 6.45) is -5.96. The summed E-state index contributed by atoms with van der Waals surface area (Å²) in [4.78, 5) is 31.2. The Hall–Kier alpha value is -1.71. The van der Waals surface area contributed by atoms with Crippen LogP contribution in [-0.4, -0.2) is 52.1 Å². The highest BCUT2D eigenvalue weighted by atomic mass is 16.9. The van der Waals surface area contributed by atoms with Gasteiger partial charge >= 0.3 is 17.9 Å². The summed E-state index contributed by atoms with van der Waals surface area (Å²) in [7, 11) is 0. The lowest BCUT2D eigenvalue weighted by Gasteiger charge is -2.29. The van der Waals surface area contributed by atoms with Crippen molar-refractivity contribution in [1.82, 2.24) is 0 Å². The van der Waals surface area contributed by atoms with Crippen molar-refractivity contribution in [3.63, 3.8) is 0 Å². The van der Waals surface area contributed by atoms with E-state index < -0.39 is 36.8 Å². The van der Waals surface area contributed by atoms with Crippen molar-refractivity contribution in [2.45, 2.75) is 18.9 Å². The Morgan fingerprint density at radius 2 is 0.867 bits per heavy atom. The van der Waals surface area contributed by atoms with Crippen molar-refractivity contribution in [3.05, 3.63) is 0 Å². The molecule has 1 heterocycles. The topological polar surface area (TPSA) is 140 Å². The zero-order chi connectivity index (χ0) is 11.6. The van der Waals surface area contributed by atoms with Crippen LogP contribution >= 0.6 is 0 Å². The van der Waals surface area contributed by atoms with Gasteiger partial charge < -0.3 is 29.5 Å². The van der Waals surface area contributed by atoms with Crippen molar-refractivity contribution in [2.75, 3.05) is 0 Å². The smallest absolute Gasteiger partial charge is 0.361 e. The van der Waals surface area contributed by atoms with E-state index in [-0.39, 0.29) is 0 Å². The summed E-state index contributed by atoms with van der Waals surface area (Å²) in [6, 6.07) is 0. The molecule has 1 aliphatic heterocycles. The fourth-order valence-corrected chi connectivity index (χ4v) is 0.782. The summed E-state index contributed by atoms with van der Waals surface area (Å²) < 4.78 is 12.8. The van der Waals surface area contributed by atoms with Gasteiger partial charge in [-0.1, -0.05) is 0 Å². The number of carbonyl (C=O) groups is 3. The molecule has 0 aromatic rings. The minimum Gasteiger partial charge on any atom is -0.477 e. The normalized spacial score (nSPS) is 30.8. The first kappa shape index (κ1) is 11.4. The van der Waals surface area contributed by atoms with E-state index in [9.17, 15) is 14.4 Å². The maximum atomic E-state index is 10.4. The van der Waals surface area contributed by atoms with E-state index in [1.807, 2.05) is 0 Å². The third-order valence-electron chi connectivity index (χ3n) is 1.35. The van der Waals surface area contributed by atoms with Gasteiger partial charge in [-0.3, -0.25) is 0 Å². The third kappa shape index (κ3) is 2.62. The Bertz CT molecular complexity index is 243. The molecule has 1 rings (SSSR count). The molecule has 9 nitrogen and oxygen atoms in total. The molecular formula is C6H6O9. The fraction of sp³-hybridized carbons (Fsp3) is 0.500. The molecule has 1 fully saturated rings. The second-order valence-corrected chi connectivity index (χ2v) is 2.42. The molecule has 1 saturated heterocycles. The van der Waals surface area contributed by atoms with Crippen LogP contribution in [0.25, 0.3) is 0 Å². The molecule has 0 atom stereocenters. The second-order valence-electron chi connectivity index (χ2n) is 2.42. The lowest BCUT2D eigenvalue weighted by molar-refractivity contribution is -0.358. The van der Waals surface area contributed by atoms with Crippen molar-refractivity contribution >= 4 is 17.9 Å². The van der Waals surface area contributed by atoms with Crippen molar-refractivity contribution in [1.29, 1.82) is 0 Å². The monoisotopic (exact) mass is 222 g/mol. The van der Waals surface area contributed by atoms with Crippen molar-refractivity contribution < 1.29 is 43.9 Å². The van der Waals surface area contributed by atoms with Gasteiger partial charge in [0.25, 0.3) is 18.9 Å². The maximum Gasteiger partial charge on any atom is 0.361 e. The number of carboxylic acids is 3. The molecule has 3 N–H and O–H groups in total. The fourth-order valence-electron chi connectivity index (χ4n) is 0.782. The molecule has 84 valence electrons. The minimum absolute atomic E-state index is 1.64. The maximum absolute atomic E-state index is 10.4.